The lowest BCUT2D eigenvalue weighted by molar-refractivity contribution is -0.121. The van der Waals surface area contributed by atoms with Gasteiger partial charge in [-0.25, -0.2) is 8.78 Å². The first-order chi connectivity index (χ1) is 8.52. The predicted molar refractivity (Wildman–Crippen MR) is 62.9 cm³/mol. The lowest BCUT2D eigenvalue weighted by atomic mass is 10.2. The van der Waals surface area contributed by atoms with Crippen LogP contribution in [0.1, 0.15) is 0 Å². The molecular formula is C11H14F2N2O3. The van der Waals surface area contributed by atoms with Crippen LogP contribution in [0.25, 0.3) is 0 Å². The van der Waals surface area contributed by atoms with E-state index in [4.69, 9.17) is 10.5 Å². The minimum atomic E-state index is -2.59. The third kappa shape index (κ3) is 4.54. The Labute approximate surface area is 103 Å². The van der Waals surface area contributed by atoms with E-state index in [1.54, 1.807) is 12.1 Å². The molecule has 5 nitrogen and oxygen atoms in total. The average molecular weight is 260 g/mol. The van der Waals surface area contributed by atoms with Gasteiger partial charge in [-0.3, -0.25) is 4.79 Å². The maximum absolute atomic E-state index is 11.8. The number of alkyl halides is 2. The lowest BCUT2D eigenvalue weighted by Crippen LogP contribution is -2.20. The topological polar surface area (TPSA) is 73.6 Å². The first-order valence-corrected chi connectivity index (χ1v) is 5.12. The van der Waals surface area contributed by atoms with Crippen molar-refractivity contribution in [3.8, 4) is 5.75 Å². The number of ether oxygens (including phenoxy) is 2. The van der Waals surface area contributed by atoms with Crippen molar-refractivity contribution < 1.29 is 23.0 Å². The summed E-state index contributed by atoms with van der Waals surface area (Å²) in [4.78, 5) is 11.4. The maximum Gasteiger partial charge on any atom is 0.261 e. The molecule has 0 fully saturated rings. The monoisotopic (exact) mass is 260 g/mol. The Kier molecular flexibility index (Phi) is 5.31. The summed E-state index contributed by atoms with van der Waals surface area (Å²) in [7, 11) is 1.43. The number of nitrogen functional groups attached to an aromatic ring is 1. The van der Waals surface area contributed by atoms with Crippen LogP contribution in [0.4, 0.5) is 20.2 Å². The Morgan fingerprint density at radius 3 is 2.83 bits per heavy atom. The highest BCUT2D eigenvalue weighted by Gasteiger charge is 2.09. The summed E-state index contributed by atoms with van der Waals surface area (Å²) in [6.07, 6.45) is -2.59. The summed E-state index contributed by atoms with van der Waals surface area (Å²) in [5, 5.41) is 2.47. The molecule has 0 atom stereocenters. The second kappa shape index (κ2) is 6.75. The SMILES string of the molecule is COc1cc(N)ccc1NC(=O)COCC(F)F. The minimum Gasteiger partial charge on any atom is -0.494 e. The summed E-state index contributed by atoms with van der Waals surface area (Å²) in [6.45, 7) is -1.22. The molecule has 0 aliphatic rings. The van der Waals surface area contributed by atoms with Crippen LogP contribution in [0.2, 0.25) is 0 Å². The molecule has 0 aliphatic carbocycles. The van der Waals surface area contributed by atoms with E-state index in [1.165, 1.54) is 13.2 Å². The summed E-state index contributed by atoms with van der Waals surface area (Å²) in [5.74, 6) is -0.157. The first-order valence-electron chi connectivity index (χ1n) is 5.12. The first kappa shape index (κ1) is 14.2. The number of benzene rings is 1. The second-order valence-electron chi connectivity index (χ2n) is 3.41. The molecule has 1 amide bonds. The molecule has 0 aliphatic heterocycles. The van der Waals surface area contributed by atoms with E-state index in [1.807, 2.05) is 0 Å². The van der Waals surface area contributed by atoms with E-state index < -0.39 is 25.5 Å². The van der Waals surface area contributed by atoms with Gasteiger partial charge in [-0.1, -0.05) is 0 Å². The molecule has 1 rings (SSSR count). The molecule has 0 aromatic heterocycles. The zero-order valence-corrected chi connectivity index (χ0v) is 9.78. The van der Waals surface area contributed by atoms with Crippen molar-refractivity contribution in [3.05, 3.63) is 18.2 Å². The van der Waals surface area contributed by atoms with E-state index >= 15 is 0 Å². The number of carbonyl (C=O) groups is 1. The molecule has 0 spiro atoms. The molecular weight excluding hydrogens is 246 g/mol. The van der Waals surface area contributed by atoms with Gasteiger partial charge in [0.25, 0.3) is 6.43 Å². The normalized spacial score (nSPS) is 10.4. The van der Waals surface area contributed by atoms with Crippen molar-refractivity contribution in [1.82, 2.24) is 0 Å². The molecule has 7 heteroatoms. The Morgan fingerprint density at radius 2 is 2.22 bits per heavy atom. The fraction of sp³-hybridized carbons (Fsp3) is 0.364. The van der Waals surface area contributed by atoms with Gasteiger partial charge in [0.05, 0.1) is 12.8 Å². The molecule has 0 heterocycles. The van der Waals surface area contributed by atoms with Crippen LogP contribution in [0.5, 0.6) is 5.75 Å². The van der Waals surface area contributed by atoms with Crippen LogP contribution in [-0.2, 0) is 9.53 Å². The van der Waals surface area contributed by atoms with Gasteiger partial charge >= 0.3 is 0 Å². The minimum absolute atomic E-state index is 0.386. The van der Waals surface area contributed by atoms with Crippen LogP contribution >= 0.6 is 0 Å². The molecule has 1 aromatic carbocycles. The number of amides is 1. The van der Waals surface area contributed by atoms with Crippen molar-refractivity contribution in [2.45, 2.75) is 6.43 Å². The Hall–Kier alpha value is -1.89. The molecule has 0 saturated heterocycles. The number of carbonyl (C=O) groups excluding carboxylic acids is 1. The van der Waals surface area contributed by atoms with Gasteiger partial charge < -0.3 is 20.5 Å². The number of hydrogen-bond acceptors (Lipinski definition) is 4. The van der Waals surface area contributed by atoms with Crippen LogP contribution in [0.15, 0.2) is 18.2 Å². The number of nitrogens with two attached hydrogens (primary N) is 1. The van der Waals surface area contributed by atoms with E-state index in [0.29, 0.717) is 17.1 Å². The summed E-state index contributed by atoms with van der Waals surface area (Å²) in [6, 6.07) is 4.67. The van der Waals surface area contributed by atoms with Gasteiger partial charge in [0.2, 0.25) is 5.91 Å². The van der Waals surface area contributed by atoms with Crippen molar-refractivity contribution in [2.75, 3.05) is 31.4 Å². The second-order valence-corrected chi connectivity index (χ2v) is 3.41. The van der Waals surface area contributed by atoms with Gasteiger partial charge in [0.1, 0.15) is 19.0 Å². The van der Waals surface area contributed by atoms with Gasteiger partial charge in [0.15, 0.2) is 0 Å². The van der Waals surface area contributed by atoms with E-state index in [-0.39, 0.29) is 0 Å². The van der Waals surface area contributed by atoms with Gasteiger partial charge in [-0.15, -0.1) is 0 Å². The Bertz CT molecular complexity index is 413. The summed E-state index contributed by atoms with van der Waals surface area (Å²) in [5.41, 5.74) is 6.43. The van der Waals surface area contributed by atoms with Gasteiger partial charge in [0, 0.05) is 11.8 Å². The van der Waals surface area contributed by atoms with Crippen molar-refractivity contribution in [3.63, 3.8) is 0 Å². The highest BCUT2D eigenvalue weighted by molar-refractivity contribution is 5.93. The third-order valence-electron chi connectivity index (χ3n) is 1.98. The fourth-order valence-electron chi connectivity index (χ4n) is 1.24. The Balaban J connectivity index is 2.53. The molecule has 0 unspecified atom stereocenters. The highest BCUT2D eigenvalue weighted by Crippen LogP contribution is 2.26. The number of nitrogens with one attached hydrogen (secondary N) is 1. The molecule has 1 aromatic rings. The standard InChI is InChI=1S/C11H14F2N2O3/c1-17-9-4-7(14)2-3-8(9)15-11(16)6-18-5-10(12)13/h2-4,10H,5-6,14H2,1H3,(H,15,16). The number of hydrogen-bond donors (Lipinski definition) is 2. The highest BCUT2D eigenvalue weighted by atomic mass is 19.3. The molecule has 3 N–H and O–H groups in total. The molecule has 18 heavy (non-hydrogen) atoms. The van der Waals surface area contributed by atoms with Gasteiger partial charge in [-0.2, -0.15) is 0 Å². The predicted octanol–water partition coefficient (Wildman–Crippen LogP) is 1.50. The lowest BCUT2D eigenvalue weighted by Gasteiger charge is -2.10. The van der Waals surface area contributed by atoms with Gasteiger partial charge in [-0.05, 0) is 12.1 Å². The van der Waals surface area contributed by atoms with Crippen molar-refractivity contribution in [2.24, 2.45) is 0 Å². The average Bonchev–Trinajstić information content (AvgIpc) is 2.31. The number of anilines is 2. The van der Waals surface area contributed by atoms with E-state index in [0.717, 1.165) is 0 Å². The number of halogens is 2. The summed E-state index contributed by atoms with van der Waals surface area (Å²) < 4.78 is 33.1. The number of methoxy groups -OCH3 is 1. The number of rotatable bonds is 6. The van der Waals surface area contributed by atoms with Crippen LogP contribution in [0.3, 0.4) is 0 Å². The van der Waals surface area contributed by atoms with E-state index in [9.17, 15) is 13.6 Å². The van der Waals surface area contributed by atoms with Crippen LogP contribution < -0.4 is 15.8 Å². The van der Waals surface area contributed by atoms with Crippen LogP contribution in [-0.4, -0.2) is 32.7 Å². The quantitative estimate of drug-likeness (QED) is 0.760. The zero-order chi connectivity index (χ0) is 13.5. The fourth-order valence-corrected chi connectivity index (χ4v) is 1.24. The maximum atomic E-state index is 11.8. The van der Waals surface area contributed by atoms with E-state index in [2.05, 4.69) is 10.1 Å². The molecule has 0 bridgehead atoms. The largest absolute Gasteiger partial charge is 0.494 e. The summed E-state index contributed by atoms with van der Waals surface area (Å²) >= 11 is 0. The molecule has 0 radical (unpaired) electrons. The van der Waals surface area contributed by atoms with Crippen molar-refractivity contribution >= 4 is 17.3 Å². The van der Waals surface area contributed by atoms with Crippen LogP contribution in [0, 0.1) is 0 Å². The smallest absolute Gasteiger partial charge is 0.261 e. The zero-order valence-electron chi connectivity index (χ0n) is 9.78. The third-order valence-corrected chi connectivity index (χ3v) is 1.98. The Morgan fingerprint density at radius 1 is 1.50 bits per heavy atom. The molecule has 0 saturated carbocycles. The molecule has 100 valence electrons. The van der Waals surface area contributed by atoms with Crippen molar-refractivity contribution in [1.29, 1.82) is 0 Å².